The number of nitrogens with one attached hydrogen (secondary N) is 1. The minimum absolute atomic E-state index is 0.120. The van der Waals surface area contributed by atoms with Crippen LogP contribution in [0.2, 0.25) is 0 Å². The number of rotatable bonds is 5. The predicted octanol–water partition coefficient (Wildman–Crippen LogP) is 2.86. The number of hydrogen-bond acceptors (Lipinski definition) is 5. The van der Waals surface area contributed by atoms with Crippen molar-refractivity contribution in [2.75, 3.05) is 7.05 Å². The van der Waals surface area contributed by atoms with Crippen LogP contribution in [0.25, 0.3) is 0 Å². The third-order valence-electron chi connectivity index (χ3n) is 2.93. The molecule has 0 amide bonds. The van der Waals surface area contributed by atoms with E-state index >= 15 is 0 Å². The smallest absolute Gasteiger partial charge is 0.269 e. The molecule has 0 fully saturated rings. The van der Waals surface area contributed by atoms with Gasteiger partial charge in [-0.15, -0.1) is 11.3 Å². The average Bonchev–Trinajstić information content (AvgIpc) is 2.83. The summed E-state index contributed by atoms with van der Waals surface area (Å²) in [6.45, 7) is 1.98. The first-order valence-electron chi connectivity index (χ1n) is 5.92. The van der Waals surface area contributed by atoms with Crippen molar-refractivity contribution in [1.82, 2.24) is 10.3 Å². The predicted molar refractivity (Wildman–Crippen MR) is 75.5 cm³/mol. The molecule has 6 heteroatoms. The molecule has 0 saturated heterocycles. The zero-order valence-corrected chi connectivity index (χ0v) is 11.6. The molecule has 0 radical (unpaired) electrons. The Labute approximate surface area is 115 Å². The average molecular weight is 277 g/mol. The number of benzene rings is 1. The van der Waals surface area contributed by atoms with Crippen LogP contribution in [-0.2, 0) is 6.42 Å². The van der Waals surface area contributed by atoms with Gasteiger partial charge in [-0.25, -0.2) is 4.98 Å². The molecule has 2 rings (SSSR count). The SMILES string of the molecule is CNC(Cc1ccc([N+](=O)[O-])cc1)c1csc(C)n1. The summed E-state index contributed by atoms with van der Waals surface area (Å²) in [6.07, 6.45) is 0.762. The molecule has 0 aliphatic carbocycles. The first-order chi connectivity index (χ1) is 9.10. The van der Waals surface area contributed by atoms with Crippen molar-refractivity contribution in [2.45, 2.75) is 19.4 Å². The Balaban J connectivity index is 2.12. The van der Waals surface area contributed by atoms with Crippen molar-refractivity contribution in [3.8, 4) is 0 Å². The summed E-state index contributed by atoms with van der Waals surface area (Å²) >= 11 is 1.62. The normalized spacial score (nSPS) is 12.3. The van der Waals surface area contributed by atoms with Gasteiger partial charge in [0.15, 0.2) is 0 Å². The first kappa shape index (κ1) is 13.6. The largest absolute Gasteiger partial charge is 0.311 e. The van der Waals surface area contributed by atoms with Crippen LogP contribution in [-0.4, -0.2) is 17.0 Å². The molecule has 0 bridgehead atoms. The lowest BCUT2D eigenvalue weighted by Crippen LogP contribution is -2.19. The van der Waals surface area contributed by atoms with Crippen molar-refractivity contribution in [2.24, 2.45) is 0 Å². The minimum Gasteiger partial charge on any atom is -0.311 e. The van der Waals surface area contributed by atoms with Crippen LogP contribution in [0.1, 0.15) is 22.3 Å². The number of non-ortho nitro benzene ring substituents is 1. The monoisotopic (exact) mass is 277 g/mol. The lowest BCUT2D eigenvalue weighted by Gasteiger charge is -2.13. The van der Waals surface area contributed by atoms with E-state index in [1.807, 2.05) is 19.4 Å². The fourth-order valence-corrected chi connectivity index (χ4v) is 2.55. The number of thiazole rings is 1. The van der Waals surface area contributed by atoms with E-state index in [9.17, 15) is 10.1 Å². The van der Waals surface area contributed by atoms with Gasteiger partial charge in [0.1, 0.15) is 0 Å². The van der Waals surface area contributed by atoms with E-state index in [-0.39, 0.29) is 16.7 Å². The summed E-state index contributed by atoms with van der Waals surface area (Å²) in [5.74, 6) is 0. The van der Waals surface area contributed by atoms with E-state index in [4.69, 9.17) is 0 Å². The third-order valence-corrected chi connectivity index (χ3v) is 3.72. The van der Waals surface area contributed by atoms with Gasteiger partial charge < -0.3 is 5.32 Å². The molecular weight excluding hydrogens is 262 g/mol. The number of nitrogens with zero attached hydrogens (tertiary/aromatic N) is 2. The number of likely N-dealkylation sites (N-methyl/N-ethyl adjacent to an activating group) is 1. The van der Waals surface area contributed by atoms with Crippen LogP contribution < -0.4 is 5.32 Å². The summed E-state index contributed by atoms with van der Waals surface area (Å²) < 4.78 is 0. The fraction of sp³-hybridized carbons (Fsp3) is 0.308. The molecule has 1 atom stereocenters. The number of aryl methyl sites for hydroxylation is 1. The molecule has 0 spiro atoms. The highest BCUT2D eigenvalue weighted by Crippen LogP contribution is 2.21. The second-order valence-corrected chi connectivity index (χ2v) is 5.32. The Morgan fingerprint density at radius 1 is 1.42 bits per heavy atom. The maximum Gasteiger partial charge on any atom is 0.269 e. The third kappa shape index (κ3) is 3.36. The first-order valence-corrected chi connectivity index (χ1v) is 6.80. The summed E-state index contributed by atoms with van der Waals surface area (Å²) in [5, 5.41) is 16.9. The molecule has 1 aromatic heterocycles. The number of hydrogen-bond donors (Lipinski definition) is 1. The molecule has 100 valence electrons. The van der Waals surface area contributed by atoms with Crippen LogP contribution in [0.5, 0.6) is 0 Å². The lowest BCUT2D eigenvalue weighted by molar-refractivity contribution is -0.384. The highest BCUT2D eigenvalue weighted by molar-refractivity contribution is 7.09. The fourth-order valence-electron chi connectivity index (χ4n) is 1.88. The van der Waals surface area contributed by atoms with Gasteiger partial charge in [0.05, 0.1) is 21.7 Å². The Morgan fingerprint density at radius 3 is 2.58 bits per heavy atom. The van der Waals surface area contributed by atoms with E-state index in [0.717, 1.165) is 22.7 Å². The van der Waals surface area contributed by atoms with Gasteiger partial charge in [-0.3, -0.25) is 10.1 Å². The number of aromatic nitrogens is 1. The van der Waals surface area contributed by atoms with Gasteiger partial charge in [-0.1, -0.05) is 12.1 Å². The Hall–Kier alpha value is -1.79. The molecule has 1 heterocycles. The van der Waals surface area contributed by atoms with E-state index < -0.39 is 0 Å². The van der Waals surface area contributed by atoms with E-state index in [1.54, 1.807) is 23.5 Å². The molecule has 1 aromatic carbocycles. The summed E-state index contributed by atoms with van der Waals surface area (Å²) in [5.41, 5.74) is 2.19. The maximum atomic E-state index is 10.6. The van der Waals surface area contributed by atoms with Crippen molar-refractivity contribution < 1.29 is 4.92 Å². The standard InChI is InChI=1S/C13H15N3O2S/c1-9-15-13(8-19-9)12(14-2)7-10-3-5-11(6-4-10)16(17)18/h3-6,8,12,14H,7H2,1-2H3. The second kappa shape index (κ2) is 5.90. The molecule has 2 aromatic rings. The zero-order valence-electron chi connectivity index (χ0n) is 10.8. The maximum absolute atomic E-state index is 10.6. The summed E-state index contributed by atoms with van der Waals surface area (Å²) in [6, 6.07) is 6.79. The quantitative estimate of drug-likeness (QED) is 0.674. The lowest BCUT2D eigenvalue weighted by atomic mass is 10.0. The van der Waals surface area contributed by atoms with E-state index in [0.29, 0.717) is 0 Å². The van der Waals surface area contributed by atoms with Gasteiger partial charge in [0.2, 0.25) is 0 Å². The minimum atomic E-state index is -0.386. The second-order valence-electron chi connectivity index (χ2n) is 4.26. The zero-order chi connectivity index (χ0) is 13.8. The van der Waals surface area contributed by atoms with Gasteiger partial charge in [-0.05, 0) is 26.0 Å². The topological polar surface area (TPSA) is 68.1 Å². The number of nitro groups is 1. The van der Waals surface area contributed by atoms with Crippen molar-refractivity contribution in [1.29, 1.82) is 0 Å². The molecule has 5 nitrogen and oxygen atoms in total. The highest BCUT2D eigenvalue weighted by atomic mass is 32.1. The van der Waals surface area contributed by atoms with E-state index in [1.165, 1.54) is 12.1 Å². The van der Waals surface area contributed by atoms with Crippen molar-refractivity contribution in [3.63, 3.8) is 0 Å². The Morgan fingerprint density at radius 2 is 2.11 bits per heavy atom. The van der Waals surface area contributed by atoms with Crippen molar-refractivity contribution >= 4 is 17.0 Å². The molecular formula is C13H15N3O2S. The molecule has 0 aliphatic heterocycles. The van der Waals surface area contributed by atoms with Crippen LogP contribution in [0.15, 0.2) is 29.6 Å². The molecule has 1 unspecified atom stereocenters. The Bertz CT molecular complexity index is 566. The van der Waals surface area contributed by atoms with Crippen LogP contribution in [0.4, 0.5) is 5.69 Å². The number of nitro benzene ring substituents is 1. The molecule has 1 N–H and O–H groups in total. The highest BCUT2D eigenvalue weighted by Gasteiger charge is 2.14. The van der Waals surface area contributed by atoms with Crippen LogP contribution in [0.3, 0.4) is 0 Å². The summed E-state index contributed by atoms with van der Waals surface area (Å²) in [7, 11) is 1.89. The Kier molecular flexibility index (Phi) is 4.24. The van der Waals surface area contributed by atoms with Gasteiger partial charge in [0.25, 0.3) is 5.69 Å². The van der Waals surface area contributed by atoms with Gasteiger partial charge in [0, 0.05) is 17.5 Å². The van der Waals surface area contributed by atoms with Crippen LogP contribution in [0, 0.1) is 17.0 Å². The van der Waals surface area contributed by atoms with Crippen molar-refractivity contribution in [3.05, 3.63) is 56.0 Å². The van der Waals surface area contributed by atoms with Gasteiger partial charge >= 0.3 is 0 Å². The summed E-state index contributed by atoms with van der Waals surface area (Å²) in [4.78, 5) is 14.7. The van der Waals surface area contributed by atoms with Gasteiger partial charge in [-0.2, -0.15) is 0 Å². The molecule has 0 saturated carbocycles. The van der Waals surface area contributed by atoms with E-state index in [2.05, 4.69) is 10.3 Å². The molecule has 19 heavy (non-hydrogen) atoms. The molecule has 0 aliphatic rings. The van der Waals surface area contributed by atoms with Crippen LogP contribution >= 0.6 is 11.3 Å².